The van der Waals surface area contributed by atoms with E-state index < -0.39 is 0 Å². The van der Waals surface area contributed by atoms with Gasteiger partial charge in [0.15, 0.2) is 5.96 Å². The molecule has 0 saturated heterocycles. The number of nitrogens with one attached hydrogen (secondary N) is 2. The number of hydrogen-bond acceptors (Lipinski definition) is 4. The maximum Gasteiger partial charge on any atom is 0.191 e. The minimum atomic E-state index is 0. The molecule has 0 radical (unpaired) electrons. The molecular weight excluding hydrogens is 439 g/mol. The van der Waals surface area contributed by atoms with Crippen LogP contribution in [0.3, 0.4) is 0 Å². The summed E-state index contributed by atoms with van der Waals surface area (Å²) < 4.78 is 0. The van der Waals surface area contributed by atoms with Crippen molar-refractivity contribution in [3.8, 4) is 0 Å². The summed E-state index contributed by atoms with van der Waals surface area (Å²) in [6.45, 7) is 8.14. The highest BCUT2D eigenvalue weighted by atomic mass is 127. The number of nitrogens with zero attached hydrogens (tertiary/aromatic N) is 2. The normalized spacial score (nSPS) is 12.6. The Labute approximate surface area is 163 Å². The van der Waals surface area contributed by atoms with Crippen LogP contribution in [0.5, 0.6) is 0 Å². The number of halogens is 1. The molecule has 7 heteroatoms. The van der Waals surface area contributed by atoms with Crippen LogP contribution in [0.1, 0.15) is 34.0 Å². The molecule has 0 spiro atoms. The van der Waals surface area contributed by atoms with Crippen LogP contribution in [0, 0.1) is 13.8 Å². The van der Waals surface area contributed by atoms with E-state index in [4.69, 9.17) is 0 Å². The zero-order valence-corrected chi connectivity index (χ0v) is 18.0. The summed E-state index contributed by atoms with van der Waals surface area (Å²) in [5, 5.41) is 12.3. The minimum Gasteiger partial charge on any atom is -0.356 e. The Kier molecular flexibility index (Phi) is 9.08. The van der Waals surface area contributed by atoms with Crippen molar-refractivity contribution in [3.05, 3.63) is 38.0 Å². The van der Waals surface area contributed by atoms with Crippen LogP contribution in [-0.4, -0.2) is 31.1 Å². The summed E-state index contributed by atoms with van der Waals surface area (Å²) in [6.07, 6.45) is 0.931. The van der Waals surface area contributed by atoms with Gasteiger partial charge >= 0.3 is 0 Å². The summed E-state index contributed by atoms with van der Waals surface area (Å²) in [6, 6.07) is 2.18. The lowest BCUT2D eigenvalue weighted by molar-refractivity contribution is 0.699. The van der Waals surface area contributed by atoms with Crippen LogP contribution < -0.4 is 10.6 Å². The van der Waals surface area contributed by atoms with Gasteiger partial charge in [-0.15, -0.1) is 35.3 Å². The quantitative estimate of drug-likeness (QED) is 0.387. The molecule has 2 aromatic heterocycles. The lowest BCUT2D eigenvalue weighted by Crippen LogP contribution is -2.39. The van der Waals surface area contributed by atoms with E-state index in [0.717, 1.165) is 31.2 Å². The predicted molar refractivity (Wildman–Crippen MR) is 113 cm³/mol. The van der Waals surface area contributed by atoms with E-state index in [0.29, 0.717) is 5.92 Å². The highest BCUT2D eigenvalue weighted by Crippen LogP contribution is 2.17. The largest absolute Gasteiger partial charge is 0.356 e. The standard InChI is InChI=1S/C16H24N4S2.HI/c1-11(14-6-8-21-10-14)9-19-16(17-4)18-7-5-15-20-12(2)13(3)22-15;/h6,8,10-11H,5,7,9H2,1-4H3,(H2,17,18,19);1H. The molecule has 0 amide bonds. The van der Waals surface area contributed by atoms with Crippen LogP contribution in [0.25, 0.3) is 0 Å². The molecule has 2 rings (SSSR count). The number of aliphatic imine (C=N–C) groups is 1. The van der Waals surface area contributed by atoms with Gasteiger partial charge in [0.1, 0.15) is 0 Å². The second-order valence-electron chi connectivity index (χ2n) is 5.34. The van der Waals surface area contributed by atoms with Gasteiger partial charge in [-0.2, -0.15) is 11.3 Å². The molecule has 0 aromatic carbocycles. The van der Waals surface area contributed by atoms with Crippen LogP contribution in [0.2, 0.25) is 0 Å². The van der Waals surface area contributed by atoms with Crippen LogP contribution in [0.15, 0.2) is 21.8 Å². The fraction of sp³-hybridized carbons (Fsp3) is 0.500. The third-order valence-corrected chi connectivity index (χ3v) is 5.45. The lowest BCUT2D eigenvalue weighted by atomic mass is 10.1. The van der Waals surface area contributed by atoms with Crippen molar-refractivity contribution >= 4 is 52.6 Å². The van der Waals surface area contributed by atoms with Gasteiger partial charge in [-0.3, -0.25) is 4.99 Å². The summed E-state index contributed by atoms with van der Waals surface area (Å²) in [4.78, 5) is 10.1. The SMILES string of the molecule is CN=C(NCCc1nc(C)c(C)s1)NCC(C)c1ccsc1.I. The van der Waals surface area contributed by atoms with Gasteiger partial charge in [0.2, 0.25) is 0 Å². The molecule has 0 saturated carbocycles. The smallest absolute Gasteiger partial charge is 0.191 e. The van der Waals surface area contributed by atoms with E-state index in [2.05, 4.69) is 58.2 Å². The summed E-state index contributed by atoms with van der Waals surface area (Å²) in [7, 11) is 1.81. The van der Waals surface area contributed by atoms with Crippen molar-refractivity contribution in [1.29, 1.82) is 0 Å². The van der Waals surface area contributed by atoms with Gasteiger partial charge in [-0.1, -0.05) is 6.92 Å². The Morgan fingerprint density at radius 2 is 2.13 bits per heavy atom. The van der Waals surface area contributed by atoms with Crippen molar-refractivity contribution in [2.45, 2.75) is 33.1 Å². The first-order valence-electron chi connectivity index (χ1n) is 7.49. The summed E-state index contributed by atoms with van der Waals surface area (Å²) >= 11 is 3.52. The number of hydrogen-bond donors (Lipinski definition) is 2. The molecule has 2 heterocycles. The lowest BCUT2D eigenvalue weighted by Gasteiger charge is -2.15. The third kappa shape index (κ3) is 6.39. The van der Waals surface area contributed by atoms with E-state index >= 15 is 0 Å². The monoisotopic (exact) mass is 464 g/mol. The number of aryl methyl sites for hydroxylation is 2. The highest BCUT2D eigenvalue weighted by Gasteiger charge is 2.07. The van der Waals surface area contributed by atoms with Crippen LogP contribution >= 0.6 is 46.7 Å². The molecule has 0 bridgehead atoms. The minimum absolute atomic E-state index is 0. The van der Waals surface area contributed by atoms with Gasteiger partial charge in [-0.25, -0.2) is 4.98 Å². The first-order valence-corrected chi connectivity index (χ1v) is 9.25. The fourth-order valence-corrected chi connectivity index (χ4v) is 3.79. The number of rotatable bonds is 6. The number of guanidine groups is 1. The maximum atomic E-state index is 4.56. The fourth-order valence-electron chi connectivity index (χ4n) is 2.08. The van der Waals surface area contributed by atoms with Crippen molar-refractivity contribution in [1.82, 2.24) is 15.6 Å². The second-order valence-corrected chi connectivity index (χ2v) is 7.40. The zero-order chi connectivity index (χ0) is 15.9. The van der Waals surface area contributed by atoms with Crippen molar-refractivity contribution in [2.75, 3.05) is 20.1 Å². The van der Waals surface area contributed by atoms with Gasteiger partial charge in [0.25, 0.3) is 0 Å². The van der Waals surface area contributed by atoms with Crippen molar-refractivity contribution in [2.24, 2.45) is 4.99 Å². The van der Waals surface area contributed by atoms with E-state index in [1.807, 2.05) is 7.05 Å². The molecule has 0 aliphatic carbocycles. The molecule has 2 aromatic rings. The van der Waals surface area contributed by atoms with Crippen LogP contribution in [-0.2, 0) is 6.42 Å². The Hall–Kier alpha value is -0.670. The van der Waals surface area contributed by atoms with Crippen molar-refractivity contribution in [3.63, 3.8) is 0 Å². The summed E-state index contributed by atoms with van der Waals surface area (Å²) in [5.74, 6) is 1.33. The number of thiazole rings is 1. The van der Waals surface area contributed by atoms with Gasteiger partial charge in [0.05, 0.1) is 10.7 Å². The maximum absolute atomic E-state index is 4.56. The van der Waals surface area contributed by atoms with E-state index in [1.54, 1.807) is 22.7 Å². The molecular formula is C16H25IN4S2. The third-order valence-electron chi connectivity index (χ3n) is 3.62. The average Bonchev–Trinajstić information content (AvgIpc) is 3.13. The first-order chi connectivity index (χ1) is 10.6. The molecule has 0 aliphatic rings. The molecule has 0 aliphatic heterocycles. The zero-order valence-electron chi connectivity index (χ0n) is 14.0. The molecule has 23 heavy (non-hydrogen) atoms. The highest BCUT2D eigenvalue weighted by molar-refractivity contribution is 14.0. The summed E-state index contributed by atoms with van der Waals surface area (Å²) in [5.41, 5.74) is 2.52. The first kappa shape index (κ1) is 20.4. The Morgan fingerprint density at radius 1 is 1.35 bits per heavy atom. The van der Waals surface area contributed by atoms with Gasteiger partial charge in [0, 0.05) is 31.4 Å². The van der Waals surface area contributed by atoms with E-state index in [9.17, 15) is 0 Å². The second kappa shape index (κ2) is 10.2. The van der Waals surface area contributed by atoms with Crippen molar-refractivity contribution < 1.29 is 0 Å². The predicted octanol–water partition coefficient (Wildman–Crippen LogP) is 3.95. The average molecular weight is 464 g/mol. The molecule has 1 atom stereocenters. The Balaban J connectivity index is 0.00000264. The Bertz CT molecular complexity index is 588. The topological polar surface area (TPSA) is 49.3 Å². The van der Waals surface area contributed by atoms with E-state index in [-0.39, 0.29) is 24.0 Å². The van der Waals surface area contributed by atoms with E-state index in [1.165, 1.54) is 15.4 Å². The molecule has 1 unspecified atom stereocenters. The molecule has 2 N–H and O–H groups in total. The molecule has 0 fully saturated rings. The Morgan fingerprint density at radius 3 is 2.70 bits per heavy atom. The number of aromatic nitrogens is 1. The number of thiophene rings is 1. The van der Waals surface area contributed by atoms with Gasteiger partial charge < -0.3 is 10.6 Å². The van der Waals surface area contributed by atoms with Crippen LogP contribution in [0.4, 0.5) is 0 Å². The van der Waals surface area contributed by atoms with Gasteiger partial charge in [-0.05, 0) is 42.2 Å². The molecule has 4 nitrogen and oxygen atoms in total. The molecule has 128 valence electrons.